The molecule has 0 aromatic rings. The van der Waals surface area contributed by atoms with Crippen LogP contribution in [0.4, 0.5) is 0 Å². The molecular weight excluding hydrogens is 200 g/mol. The maximum absolute atomic E-state index is 11.1. The van der Waals surface area contributed by atoms with Gasteiger partial charge < -0.3 is 9.47 Å². The Kier molecular flexibility index (Phi) is 7.18. The highest BCUT2D eigenvalue weighted by Crippen LogP contribution is 1.98. The summed E-state index contributed by atoms with van der Waals surface area (Å²) in [5.41, 5.74) is 0. The van der Waals surface area contributed by atoms with Crippen LogP contribution >= 0.6 is 0 Å². The third kappa shape index (κ3) is 5.06. The quantitative estimate of drug-likeness (QED) is 0.245. The van der Waals surface area contributed by atoms with Gasteiger partial charge in [-0.2, -0.15) is 0 Å². The standard InChI is InChI=1S/C9H16O4Si/c1-4-7(10)8(11)5-6-14-9(12-2)13-3/h4,9H,1,5-6,14H2,2-3H3. The second kappa shape index (κ2) is 7.60. The molecule has 0 atom stereocenters. The van der Waals surface area contributed by atoms with Gasteiger partial charge in [0.15, 0.2) is 0 Å². The monoisotopic (exact) mass is 216 g/mol. The van der Waals surface area contributed by atoms with E-state index >= 15 is 0 Å². The Bertz CT molecular complexity index is 211. The molecule has 0 aromatic carbocycles. The highest BCUT2D eigenvalue weighted by molar-refractivity contribution is 6.44. The summed E-state index contributed by atoms with van der Waals surface area (Å²) in [6.07, 6.45) is 1.33. The van der Waals surface area contributed by atoms with E-state index in [1.165, 1.54) is 0 Å². The second-order valence-corrected chi connectivity index (χ2v) is 4.74. The van der Waals surface area contributed by atoms with Gasteiger partial charge >= 0.3 is 0 Å². The number of hydrogen-bond donors (Lipinski definition) is 0. The van der Waals surface area contributed by atoms with E-state index in [0.717, 1.165) is 6.08 Å². The molecule has 80 valence electrons. The molecule has 0 bridgehead atoms. The Hall–Kier alpha value is -0.783. The van der Waals surface area contributed by atoms with E-state index in [-0.39, 0.29) is 18.1 Å². The van der Waals surface area contributed by atoms with Gasteiger partial charge in [-0.05, 0) is 6.08 Å². The molecule has 4 nitrogen and oxygen atoms in total. The van der Waals surface area contributed by atoms with Gasteiger partial charge in [0.05, 0.1) is 9.52 Å². The van der Waals surface area contributed by atoms with Gasteiger partial charge in [-0.3, -0.25) is 9.59 Å². The van der Waals surface area contributed by atoms with Crippen LogP contribution in [0.3, 0.4) is 0 Å². The number of carbonyl (C=O) groups is 2. The van der Waals surface area contributed by atoms with Gasteiger partial charge in [0.1, 0.15) is 5.91 Å². The third-order valence-corrected chi connectivity index (χ3v) is 3.73. The maximum Gasteiger partial charge on any atom is 0.220 e. The molecule has 0 heterocycles. The predicted molar refractivity (Wildman–Crippen MR) is 56.0 cm³/mol. The minimum atomic E-state index is -0.609. The van der Waals surface area contributed by atoms with E-state index in [0.29, 0.717) is 6.04 Å². The van der Waals surface area contributed by atoms with E-state index in [9.17, 15) is 9.59 Å². The highest BCUT2D eigenvalue weighted by Gasteiger charge is 2.11. The van der Waals surface area contributed by atoms with E-state index in [2.05, 4.69) is 6.58 Å². The van der Waals surface area contributed by atoms with Crippen LogP contribution in [0, 0.1) is 0 Å². The molecule has 0 amide bonds. The highest BCUT2D eigenvalue weighted by atomic mass is 28.2. The number of ketones is 2. The minimum Gasteiger partial charge on any atom is -0.360 e. The van der Waals surface area contributed by atoms with Crippen LogP contribution in [-0.2, 0) is 19.1 Å². The minimum absolute atomic E-state index is 0.165. The van der Waals surface area contributed by atoms with Crippen molar-refractivity contribution >= 4 is 21.1 Å². The molecule has 0 spiro atoms. The summed E-state index contributed by atoms with van der Waals surface area (Å²) < 4.78 is 9.98. The predicted octanol–water partition coefficient (Wildman–Crippen LogP) is -0.136. The summed E-state index contributed by atoms with van der Waals surface area (Å²) in [7, 11) is 2.53. The zero-order valence-corrected chi connectivity index (χ0v) is 10.0. The van der Waals surface area contributed by atoms with Crippen LogP contribution < -0.4 is 0 Å². The number of hydrogen-bond acceptors (Lipinski definition) is 4. The van der Waals surface area contributed by atoms with Gasteiger partial charge in [-0.15, -0.1) is 0 Å². The van der Waals surface area contributed by atoms with Crippen molar-refractivity contribution in [2.75, 3.05) is 14.2 Å². The average molecular weight is 216 g/mol. The number of methoxy groups -OCH3 is 2. The number of allylic oxidation sites excluding steroid dienone is 1. The Morgan fingerprint density at radius 2 is 2.00 bits per heavy atom. The van der Waals surface area contributed by atoms with Crippen molar-refractivity contribution in [3.63, 3.8) is 0 Å². The van der Waals surface area contributed by atoms with Crippen molar-refractivity contribution in [1.29, 1.82) is 0 Å². The van der Waals surface area contributed by atoms with Crippen LogP contribution in [0.25, 0.3) is 0 Å². The van der Waals surface area contributed by atoms with E-state index in [4.69, 9.17) is 9.47 Å². The Balaban J connectivity index is 3.68. The van der Waals surface area contributed by atoms with Gasteiger partial charge in [-0.25, -0.2) is 0 Å². The van der Waals surface area contributed by atoms with Crippen molar-refractivity contribution in [3.05, 3.63) is 12.7 Å². The summed E-state index contributed by atoms with van der Waals surface area (Å²) in [6, 6.07) is 0.713. The molecule has 0 aliphatic carbocycles. The fraction of sp³-hybridized carbons (Fsp3) is 0.556. The fourth-order valence-corrected chi connectivity index (χ4v) is 2.33. The largest absolute Gasteiger partial charge is 0.360 e. The van der Waals surface area contributed by atoms with Crippen molar-refractivity contribution in [2.24, 2.45) is 0 Å². The average Bonchev–Trinajstić information content (AvgIpc) is 2.22. The van der Waals surface area contributed by atoms with Crippen LogP contribution in [-0.4, -0.2) is 41.2 Å². The topological polar surface area (TPSA) is 52.6 Å². The molecule has 0 N–H and O–H groups in total. The first-order valence-corrected chi connectivity index (χ1v) is 6.22. The molecule has 0 aliphatic rings. The van der Waals surface area contributed by atoms with Gasteiger partial charge in [-0.1, -0.05) is 12.6 Å². The van der Waals surface area contributed by atoms with Gasteiger partial charge in [0.2, 0.25) is 11.6 Å². The lowest BCUT2D eigenvalue weighted by atomic mass is 10.2. The maximum atomic E-state index is 11.1. The van der Waals surface area contributed by atoms with Crippen molar-refractivity contribution in [3.8, 4) is 0 Å². The van der Waals surface area contributed by atoms with Crippen LogP contribution in [0.1, 0.15) is 6.42 Å². The molecule has 0 unspecified atom stereocenters. The zero-order valence-electron chi connectivity index (χ0n) is 8.62. The Labute approximate surface area is 86.1 Å². The zero-order chi connectivity index (χ0) is 11.0. The molecule has 14 heavy (non-hydrogen) atoms. The smallest absolute Gasteiger partial charge is 0.220 e. The van der Waals surface area contributed by atoms with Crippen molar-refractivity contribution < 1.29 is 19.1 Å². The summed E-state index contributed by atoms with van der Waals surface area (Å²) in [5.74, 6) is -1.05. The molecule has 5 heteroatoms. The molecule has 0 aliphatic heterocycles. The molecule has 0 aromatic heterocycles. The van der Waals surface area contributed by atoms with E-state index in [1.54, 1.807) is 14.2 Å². The van der Waals surface area contributed by atoms with Crippen LogP contribution in [0.5, 0.6) is 0 Å². The summed E-state index contributed by atoms with van der Waals surface area (Å²) in [5, 5.41) is 0. The first-order chi connectivity index (χ1) is 6.65. The molecule has 0 fully saturated rings. The number of rotatable bonds is 8. The molecule has 0 saturated heterocycles. The van der Waals surface area contributed by atoms with E-state index < -0.39 is 15.3 Å². The lowest BCUT2D eigenvalue weighted by Gasteiger charge is -2.11. The lowest BCUT2D eigenvalue weighted by molar-refractivity contribution is -0.133. The molecular formula is C9H16O4Si. The molecule has 0 radical (unpaired) electrons. The third-order valence-electron chi connectivity index (χ3n) is 1.83. The Morgan fingerprint density at radius 1 is 1.43 bits per heavy atom. The number of ether oxygens (including phenoxy) is 2. The second-order valence-electron chi connectivity index (χ2n) is 2.78. The fourth-order valence-electron chi connectivity index (χ4n) is 0.998. The van der Waals surface area contributed by atoms with Crippen molar-refractivity contribution in [1.82, 2.24) is 0 Å². The summed E-state index contributed by atoms with van der Waals surface area (Å²) >= 11 is 0. The van der Waals surface area contributed by atoms with E-state index in [1.807, 2.05) is 0 Å². The Morgan fingerprint density at radius 3 is 2.43 bits per heavy atom. The normalized spacial score (nSPS) is 11.1. The first kappa shape index (κ1) is 13.2. The molecule has 0 rings (SSSR count). The lowest BCUT2D eigenvalue weighted by Crippen LogP contribution is -2.22. The van der Waals surface area contributed by atoms with Crippen molar-refractivity contribution in [2.45, 2.75) is 18.4 Å². The number of Topliss-reactive ketones (excluding diaryl/α,β-unsaturated/α-hetero) is 1. The first-order valence-electron chi connectivity index (χ1n) is 4.40. The summed E-state index contributed by atoms with van der Waals surface area (Å²) in [4.78, 5) is 21.9. The SMILES string of the molecule is C=CC(=O)C(=O)CC[SiH2]C(OC)OC. The van der Waals surface area contributed by atoms with Gasteiger partial charge in [0, 0.05) is 20.6 Å². The van der Waals surface area contributed by atoms with Crippen LogP contribution in [0.15, 0.2) is 12.7 Å². The summed E-state index contributed by atoms with van der Waals surface area (Å²) in [6.45, 7) is 3.25. The van der Waals surface area contributed by atoms with Crippen LogP contribution in [0.2, 0.25) is 6.04 Å². The molecule has 0 saturated carbocycles. The van der Waals surface area contributed by atoms with Gasteiger partial charge in [0.25, 0.3) is 0 Å². The number of carbonyl (C=O) groups excluding carboxylic acids is 2.